The summed E-state index contributed by atoms with van der Waals surface area (Å²) in [4.78, 5) is 15.4. The van der Waals surface area contributed by atoms with Gasteiger partial charge < -0.3 is 9.47 Å². The number of carbonyl (C=O) groups excluding carboxylic acids is 1. The molecule has 0 N–H and O–H groups in total. The molecule has 0 amide bonds. The topological polar surface area (TPSA) is 85.8 Å². The Hall–Kier alpha value is -1.03. The number of methoxy groups -OCH3 is 1. The van der Waals surface area contributed by atoms with Crippen molar-refractivity contribution in [1.82, 2.24) is 9.29 Å². The number of ether oxygens (including phenoxy) is 2. The molecule has 0 radical (unpaired) electrons. The molecule has 2 heterocycles. The second-order valence-corrected chi connectivity index (χ2v) is 7.55. The van der Waals surface area contributed by atoms with Crippen molar-refractivity contribution in [1.29, 1.82) is 0 Å². The lowest BCUT2D eigenvalue weighted by Crippen LogP contribution is -2.48. The zero-order chi connectivity index (χ0) is 14.9. The molecule has 20 heavy (non-hydrogen) atoms. The Morgan fingerprint density at radius 2 is 2.05 bits per heavy atom. The molecule has 1 aromatic rings. The van der Waals surface area contributed by atoms with Crippen LogP contribution in [-0.4, -0.2) is 56.1 Å². The number of esters is 1. The van der Waals surface area contributed by atoms with Gasteiger partial charge in [-0.1, -0.05) is 0 Å². The van der Waals surface area contributed by atoms with Crippen LogP contribution in [0.2, 0.25) is 0 Å². The number of rotatable bonds is 3. The van der Waals surface area contributed by atoms with Crippen molar-refractivity contribution < 1.29 is 22.7 Å². The number of aromatic nitrogens is 1. The molecule has 1 saturated heterocycles. The fraction of sp³-hybridized carbons (Fsp3) is 0.636. The van der Waals surface area contributed by atoms with Crippen molar-refractivity contribution in [3.05, 3.63) is 11.2 Å². The summed E-state index contributed by atoms with van der Waals surface area (Å²) in [5.41, 5.74) is 1.16. The molecule has 2 rings (SSSR count). The molecule has 0 bridgehead atoms. The summed E-state index contributed by atoms with van der Waals surface area (Å²) in [6.45, 7) is 4.13. The van der Waals surface area contributed by atoms with E-state index in [2.05, 4.69) is 9.72 Å². The molecule has 0 saturated carbocycles. The largest absolute Gasteiger partial charge is 0.464 e. The highest BCUT2D eigenvalue weighted by Gasteiger charge is 2.36. The smallest absolute Gasteiger partial charge is 0.358 e. The lowest BCUT2D eigenvalue weighted by Gasteiger charge is -2.34. The minimum absolute atomic E-state index is 0.0781. The number of morpholine rings is 1. The Morgan fingerprint density at radius 1 is 1.45 bits per heavy atom. The summed E-state index contributed by atoms with van der Waals surface area (Å²) < 4.78 is 36.5. The summed E-state index contributed by atoms with van der Waals surface area (Å²) in [6.07, 6.45) is -0.383. The van der Waals surface area contributed by atoms with Gasteiger partial charge in [-0.15, -0.1) is 11.3 Å². The molecule has 2 atom stereocenters. The number of hydrogen-bond acceptors (Lipinski definition) is 7. The van der Waals surface area contributed by atoms with E-state index in [1.807, 2.05) is 13.8 Å². The number of sulfonamides is 1. The fourth-order valence-corrected chi connectivity index (χ4v) is 4.96. The van der Waals surface area contributed by atoms with Crippen LogP contribution in [0.25, 0.3) is 0 Å². The number of thiazole rings is 1. The van der Waals surface area contributed by atoms with Gasteiger partial charge in [0.05, 0.1) is 24.8 Å². The van der Waals surface area contributed by atoms with Gasteiger partial charge >= 0.3 is 5.97 Å². The van der Waals surface area contributed by atoms with Gasteiger partial charge in [0.1, 0.15) is 0 Å². The van der Waals surface area contributed by atoms with Gasteiger partial charge in [0.2, 0.25) is 0 Å². The summed E-state index contributed by atoms with van der Waals surface area (Å²) in [7, 11) is -2.57. The van der Waals surface area contributed by atoms with Crippen LogP contribution >= 0.6 is 11.3 Å². The third-order valence-electron chi connectivity index (χ3n) is 2.87. The zero-order valence-corrected chi connectivity index (χ0v) is 13.0. The second kappa shape index (κ2) is 5.76. The molecular weight excluding hydrogens is 304 g/mol. The van der Waals surface area contributed by atoms with Gasteiger partial charge in [0.15, 0.2) is 9.90 Å². The van der Waals surface area contributed by atoms with Crippen molar-refractivity contribution in [2.45, 2.75) is 30.3 Å². The molecule has 112 valence electrons. The maximum atomic E-state index is 12.6. The Labute approximate surface area is 121 Å². The normalized spacial score (nSPS) is 24.6. The summed E-state index contributed by atoms with van der Waals surface area (Å²) in [6, 6.07) is 0. The first kappa shape index (κ1) is 15.4. The van der Waals surface area contributed by atoms with E-state index in [9.17, 15) is 13.2 Å². The van der Waals surface area contributed by atoms with Crippen molar-refractivity contribution >= 4 is 27.3 Å². The van der Waals surface area contributed by atoms with Gasteiger partial charge in [-0.3, -0.25) is 0 Å². The molecule has 1 aromatic heterocycles. The van der Waals surface area contributed by atoms with E-state index in [-0.39, 0.29) is 35.2 Å². The van der Waals surface area contributed by atoms with Crippen LogP contribution < -0.4 is 0 Å². The van der Waals surface area contributed by atoms with Crippen LogP contribution in [0.15, 0.2) is 9.72 Å². The Bertz CT molecular complexity index is 588. The fourth-order valence-electron chi connectivity index (χ4n) is 2.10. The van der Waals surface area contributed by atoms with E-state index in [1.165, 1.54) is 16.9 Å². The lowest BCUT2D eigenvalue weighted by atomic mass is 10.3. The SMILES string of the molecule is COC(=O)c1ncsc1S(=O)(=O)N1CC(C)OC(C)C1. The van der Waals surface area contributed by atoms with Crippen LogP contribution in [-0.2, 0) is 19.5 Å². The maximum absolute atomic E-state index is 12.6. The van der Waals surface area contributed by atoms with E-state index in [0.717, 1.165) is 11.3 Å². The van der Waals surface area contributed by atoms with Crippen molar-refractivity contribution in [2.75, 3.05) is 20.2 Å². The van der Waals surface area contributed by atoms with Gasteiger partial charge in [0, 0.05) is 13.1 Å². The van der Waals surface area contributed by atoms with Gasteiger partial charge in [0.25, 0.3) is 10.0 Å². The molecule has 9 heteroatoms. The van der Waals surface area contributed by atoms with Crippen molar-refractivity contribution in [2.24, 2.45) is 0 Å². The van der Waals surface area contributed by atoms with E-state index in [4.69, 9.17) is 4.74 Å². The highest BCUT2D eigenvalue weighted by molar-refractivity contribution is 7.91. The molecule has 0 spiro atoms. The highest BCUT2D eigenvalue weighted by Crippen LogP contribution is 2.27. The minimum atomic E-state index is -3.76. The van der Waals surface area contributed by atoms with E-state index < -0.39 is 16.0 Å². The van der Waals surface area contributed by atoms with Crippen LogP contribution in [0.5, 0.6) is 0 Å². The minimum Gasteiger partial charge on any atom is -0.464 e. The first-order chi connectivity index (χ1) is 9.36. The average Bonchev–Trinajstić information content (AvgIpc) is 2.86. The quantitative estimate of drug-likeness (QED) is 0.763. The number of hydrogen-bond donors (Lipinski definition) is 0. The molecular formula is C11H16N2O5S2. The molecule has 1 aliphatic rings. The lowest BCUT2D eigenvalue weighted by molar-refractivity contribution is -0.0440. The predicted octanol–water partition coefficient (Wildman–Crippen LogP) is 0.728. The highest BCUT2D eigenvalue weighted by atomic mass is 32.2. The third-order valence-corrected chi connectivity index (χ3v) is 6.05. The Morgan fingerprint density at radius 3 is 2.60 bits per heavy atom. The maximum Gasteiger partial charge on any atom is 0.358 e. The standard InChI is InChI=1S/C11H16N2O5S2/c1-7-4-13(5-8(2)18-7)20(15,16)11-9(10(14)17-3)12-6-19-11/h6-8H,4-5H2,1-3H3. The zero-order valence-electron chi connectivity index (χ0n) is 11.4. The summed E-state index contributed by atoms with van der Waals surface area (Å²) in [5.74, 6) is -0.751. The first-order valence-corrected chi connectivity index (χ1v) is 8.35. The third kappa shape index (κ3) is 2.85. The van der Waals surface area contributed by atoms with Crippen LogP contribution in [0.1, 0.15) is 24.3 Å². The van der Waals surface area contributed by atoms with E-state index in [0.29, 0.717) is 0 Å². The number of carbonyl (C=O) groups is 1. The van der Waals surface area contributed by atoms with Crippen molar-refractivity contribution in [3.63, 3.8) is 0 Å². The monoisotopic (exact) mass is 320 g/mol. The summed E-state index contributed by atoms with van der Waals surface area (Å²) >= 11 is 0.914. The Balaban J connectivity index is 2.36. The molecule has 0 aliphatic carbocycles. The van der Waals surface area contributed by atoms with E-state index in [1.54, 1.807) is 0 Å². The predicted molar refractivity (Wildman–Crippen MR) is 72.2 cm³/mol. The van der Waals surface area contributed by atoms with Gasteiger partial charge in [-0.2, -0.15) is 4.31 Å². The number of nitrogens with zero attached hydrogens (tertiary/aromatic N) is 2. The van der Waals surface area contributed by atoms with Gasteiger partial charge in [-0.25, -0.2) is 18.2 Å². The molecule has 1 aliphatic heterocycles. The molecule has 0 aromatic carbocycles. The molecule has 7 nitrogen and oxygen atoms in total. The van der Waals surface area contributed by atoms with Gasteiger partial charge in [-0.05, 0) is 13.8 Å². The van der Waals surface area contributed by atoms with Crippen LogP contribution in [0, 0.1) is 0 Å². The first-order valence-electron chi connectivity index (χ1n) is 6.03. The average molecular weight is 320 g/mol. The summed E-state index contributed by atoms with van der Waals surface area (Å²) in [5, 5.41) is 0. The van der Waals surface area contributed by atoms with Crippen molar-refractivity contribution in [3.8, 4) is 0 Å². The van der Waals surface area contributed by atoms with E-state index >= 15 is 0 Å². The van der Waals surface area contributed by atoms with Crippen LogP contribution in [0.3, 0.4) is 0 Å². The molecule has 2 unspecified atom stereocenters. The Kier molecular flexibility index (Phi) is 4.43. The molecule has 1 fully saturated rings. The van der Waals surface area contributed by atoms with Crippen LogP contribution in [0.4, 0.5) is 0 Å². The second-order valence-electron chi connectivity index (χ2n) is 4.56.